The van der Waals surface area contributed by atoms with Crippen LogP contribution in [0.25, 0.3) is 0 Å². The van der Waals surface area contributed by atoms with Crippen molar-refractivity contribution in [1.82, 2.24) is 15.8 Å². The number of non-ortho nitro benzene ring substituents is 1. The minimum atomic E-state index is -0.622. The summed E-state index contributed by atoms with van der Waals surface area (Å²) in [4.78, 5) is 35.9. The zero-order chi connectivity index (χ0) is 19.1. The molecule has 0 fully saturated rings. The van der Waals surface area contributed by atoms with Crippen molar-refractivity contribution in [3.8, 4) is 0 Å². The Labute approximate surface area is 150 Å². The van der Waals surface area contributed by atoms with Crippen LogP contribution < -0.4 is 10.9 Å². The van der Waals surface area contributed by atoms with Gasteiger partial charge in [0.1, 0.15) is 0 Å². The lowest BCUT2D eigenvalue weighted by atomic mass is 10.1. The molecule has 0 saturated heterocycles. The summed E-state index contributed by atoms with van der Waals surface area (Å²) in [6.07, 6.45) is 0. The average Bonchev–Trinajstić information content (AvgIpc) is 2.61. The third kappa shape index (κ3) is 5.38. The normalized spacial score (nSPS) is 10.4. The van der Waals surface area contributed by atoms with Gasteiger partial charge in [0, 0.05) is 24.2 Å². The minimum Gasteiger partial charge on any atom is -0.293 e. The lowest BCUT2D eigenvalue weighted by Gasteiger charge is -2.17. The summed E-state index contributed by atoms with van der Waals surface area (Å²) in [7, 11) is 1.80. The van der Waals surface area contributed by atoms with Gasteiger partial charge in [-0.05, 0) is 31.2 Å². The number of hydrogen-bond acceptors (Lipinski definition) is 5. The van der Waals surface area contributed by atoms with Crippen LogP contribution in [0, 0.1) is 17.0 Å². The maximum absolute atomic E-state index is 12.0. The molecule has 0 aliphatic heterocycles. The standard InChI is InChI=1S/C18H20N4O4/c1-13-6-3-4-7-15(13)11-21(2)12-17(23)19-20-18(24)14-8-5-9-16(10-14)22(25)26/h3-10H,11-12H2,1-2H3,(H,19,23)(H,20,24). The van der Waals surface area contributed by atoms with Crippen molar-refractivity contribution in [2.75, 3.05) is 13.6 Å². The van der Waals surface area contributed by atoms with Gasteiger partial charge >= 0.3 is 0 Å². The maximum atomic E-state index is 12.0. The summed E-state index contributed by atoms with van der Waals surface area (Å²) in [5.74, 6) is -1.01. The van der Waals surface area contributed by atoms with Crippen LogP contribution in [-0.4, -0.2) is 35.2 Å². The molecule has 0 spiro atoms. The molecule has 8 heteroatoms. The first-order valence-corrected chi connectivity index (χ1v) is 7.93. The first-order chi connectivity index (χ1) is 12.4. The van der Waals surface area contributed by atoms with E-state index in [1.165, 1.54) is 18.2 Å². The fourth-order valence-corrected chi connectivity index (χ4v) is 2.38. The van der Waals surface area contributed by atoms with Crippen molar-refractivity contribution in [3.05, 3.63) is 75.3 Å². The first kappa shape index (κ1) is 19.1. The number of aryl methyl sites for hydroxylation is 1. The van der Waals surface area contributed by atoms with E-state index in [-0.39, 0.29) is 23.7 Å². The predicted molar refractivity (Wildman–Crippen MR) is 96.2 cm³/mol. The zero-order valence-corrected chi connectivity index (χ0v) is 14.6. The highest BCUT2D eigenvalue weighted by molar-refractivity contribution is 5.96. The summed E-state index contributed by atoms with van der Waals surface area (Å²) in [6, 6.07) is 13.2. The average molecular weight is 356 g/mol. The number of nitro groups is 1. The molecular formula is C18H20N4O4. The fraction of sp³-hybridized carbons (Fsp3) is 0.222. The number of nitrogens with one attached hydrogen (secondary N) is 2. The quantitative estimate of drug-likeness (QED) is 0.606. The van der Waals surface area contributed by atoms with Crippen LogP contribution in [0.5, 0.6) is 0 Å². The maximum Gasteiger partial charge on any atom is 0.270 e. The molecule has 0 heterocycles. The molecule has 8 nitrogen and oxygen atoms in total. The molecule has 2 amide bonds. The Morgan fingerprint density at radius 1 is 1.12 bits per heavy atom. The number of hydrogen-bond donors (Lipinski definition) is 2. The largest absolute Gasteiger partial charge is 0.293 e. The van der Waals surface area contributed by atoms with Crippen LogP contribution >= 0.6 is 0 Å². The summed E-state index contributed by atoms with van der Waals surface area (Å²) in [6.45, 7) is 2.69. The van der Waals surface area contributed by atoms with Crippen molar-refractivity contribution in [1.29, 1.82) is 0 Å². The second-order valence-corrected chi connectivity index (χ2v) is 5.91. The van der Waals surface area contributed by atoms with E-state index in [9.17, 15) is 19.7 Å². The Kier molecular flexibility index (Phi) is 6.40. The summed E-state index contributed by atoms with van der Waals surface area (Å²) in [5, 5.41) is 10.7. The smallest absolute Gasteiger partial charge is 0.270 e. The molecule has 2 aromatic carbocycles. The molecule has 0 bridgehead atoms. The number of amides is 2. The number of carbonyl (C=O) groups excluding carboxylic acids is 2. The molecule has 0 aromatic heterocycles. The van der Waals surface area contributed by atoms with Gasteiger partial charge in [-0.1, -0.05) is 30.3 Å². The minimum absolute atomic E-state index is 0.0869. The van der Waals surface area contributed by atoms with Crippen molar-refractivity contribution in [3.63, 3.8) is 0 Å². The van der Waals surface area contributed by atoms with E-state index in [1.54, 1.807) is 7.05 Å². The summed E-state index contributed by atoms with van der Waals surface area (Å²) < 4.78 is 0. The van der Waals surface area contributed by atoms with Crippen LogP contribution in [0.4, 0.5) is 5.69 Å². The molecule has 0 atom stereocenters. The van der Waals surface area contributed by atoms with E-state index < -0.39 is 10.8 Å². The van der Waals surface area contributed by atoms with Gasteiger partial charge in [0.25, 0.3) is 17.5 Å². The molecule has 2 rings (SSSR count). The van der Waals surface area contributed by atoms with E-state index in [0.29, 0.717) is 6.54 Å². The van der Waals surface area contributed by atoms with Crippen LogP contribution in [0.2, 0.25) is 0 Å². The van der Waals surface area contributed by atoms with Crippen LogP contribution in [0.1, 0.15) is 21.5 Å². The van der Waals surface area contributed by atoms with Crippen LogP contribution in [0.15, 0.2) is 48.5 Å². The molecule has 136 valence electrons. The Balaban J connectivity index is 1.84. The Bertz CT molecular complexity index is 822. The van der Waals surface area contributed by atoms with Crippen molar-refractivity contribution in [2.45, 2.75) is 13.5 Å². The van der Waals surface area contributed by atoms with Gasteiger partial charge in [-0.2, -0.15) is 0 Å². The Hall–Kier alpha value is -3.26. The van der Waals surface area contributed by atoms with Crippen molar-refractivity contribution >= 4 is 17.5 Å². The van der Waals surface area contributed by atoms with Gasteiger partial charge in [0.15, 0.2) is 0 Å². The third-order valence-electron chi connectivity index (χ3n) is 3.75. The van der Waals surface area contributed by atoms with E-state index in [0.717, 1.165) is 17.2 Å². The monoisotopic (exact) mass is 356 g/mol. The first-order valence-electron chi connectivity index (χ1n) is 7.93. The van der Waals surface area contributed by atoms with Crippen LogP contribution in [-0.2, 0) is 11.3 Å². The highest BCUT2D eigenvalue weighted by Gasteiger charge is 2.13. The number of nitrogens with zero attached hydrogens (tertiary/aromatic N) is 2. The number of nitro benzene ring substituents is 1. The highest BCUT2D eigenvalue weighted by Crippen LogP contribution is 2.12. The molecule has 0 aliphatic carbocycles. The summed E-state index contributed by atoms with van der Waals surface area (Å²) in [5.41, 5.74) is 6.72. The van der Waals surface area contributed by atoms with Crippen LogP contribution in [0.3, 0.4) is 0 Å². The number of benzene rings is 2. The summed E-state index contributed by atoms with van der Waals surface area (Å²) >= 11 is 0. The fourth-order valence-electron chi connectivity index (χ4n) is 2.38. The van der Waals surface area contributed by atoms with Gasteiger partial charge in [-0.3, -0.25) is 35.5 Å². The topological polar surface area (TPSA) is 105 Å². The second-order valence-electron chi connectivity index (χ2n) is 5.91. The predicted octanol–water partition coefficient (Wildman–Crippen LogP) is 1.80. The van der Waals surface area contributed by atoms with Gasteiger partial charge in [0.2, 0.25) is 0 Å². The zero-order valence-electron chi connectivity index (χ0n) is 14.6. The van der Waals surface area contributed by atoms with Gasteiger partial charge < -0.3 is 0 Å². The van der Waals surface area contributed by atoms with E-state index in [4.69, 9.17) is 0 Å². The van der Waals surface area contributed by atoms with Gasteiger partial charge in [0.05, 0.1) is 11.5 Å². The van der Waals surface area contributed by atoms with Gasteiger partial charge in [-0.25, -0.2) is 0 Å². The van der Waals surface area contributed by atoms with E-state index in [1.807, 2.05) is 36.1 Å². The molecule has 2 N–H and O–H groups in total. The van der Waals surface area contributed by atoms with Crippen molar-refractivity contribution in [2.24, 2.45) is 0 Å². The molecule has 0 unspecified atom stereocenters. The lowest BCUT2D eigenvalue weighted by Crippen LogP contribution is -2.45. The van der Waals surface area contributed by atoms with Crippen molar-refractivity contribution < 1.29 is 14.5 Å². The highest BCUT2D eigenvalue weighted by atomic mass is 16.6. The number of likely N-dealkylation sites (N-methyl/N-ethyl adjacent to an activating group) is 1. The second kappa shape index (κ2) is 8.72. The molecule has 0 saturated carbocycles. The Morgan fingerprint density at radius 2 is 1.85 bits per heavy atom. The molecule has 0 radical (unpaired) electrons. The number of rotatable bonds is 6. The molecule has 26 heavy (non-hydrogen) atoms. The van der Waals surface area contributed by atoms with Gasteiger partial charge in [-0.15, -0.1) is 0 Å². The molecule has 2 aromatic rings. The lowest BCUT2D eigenvalue weighted by molar-refractivity contribution is -0.384. The molecule has 0 aliphatic rings. The van der Waals surface area contributed by atoms with E-state index in [2.05, 4.69) is 10.9 Å². The SMILES string of the molecule is Cc1ccccc1CN(C)CC(=O)NNC(=O)c1cccc([N+](=O)[O-])c1. The number of carbonyl (C=O) groups is 2. The third-order valence-corrected chi connectivity index (χ3v) is 3.75. The van der Waals surface area contributed by atoms with E-state index >= 15 is 0 Å². The number of hydrazine groups is 1. The Morgan fingerprint density at radius 3 is 2.54 bits per heavy atom. The molecular weight excluding hydrogens is 336 g/mol.